The van der Waals surface area contributed by atoms with Crippen LogP contribution in [0.4, 0.5) is 21.6 Å². The number of benzene rings is 2. The van der Waals surface area contributed by atoms with Crippen LogP contribution < -0.4 is 24.8 Å². The molecule has 0 saturated carbocycles. The zero-order valence-corrected chi connectivity index (χ0v) is 19.5. The molecule has 1 aliphatic rings. The van der Waals surface area contributed by atoms with E-state index in [0.717, 1.165) is 5.56 Å². The largest absolute Gasteiger partial charge is 0.493 e. The number of aromatic nitrogens is 5. The van der Waals surface area contributed by atoms with Gasteiger partial charge in [-0.25, -0.2) is 14.1 Å². The number of methoxy groups -OCH3 is 1. The molecule has 2 aromatic heterocycles. The van der Waals surface area contributed by atoms with Crippen LogP contribution in [0.2, 0.25) is 0 Å². The lowest BCUT2D eigenvalue weighted by Gasteiger charge is -2.14. The van der Waals surface area contributed by atoms with Crippen LogP contribution >= 0.6 is 15.9 Å². The Morgan fingerprint density at radius 2 is 2.15 bits per heavy atom. The first kappa shape index (κ1) is 21.9. The summed E-state index contributed by atoms with van der Waals surface area (Å²) < 4.78 is 34.2. The first-order valence-electron chi connectivity index (χ1n) is 10.3. The van der Waals surface area contributed by atoms with Gasteiger partial charge in [-0.15, -0.1) is 5.10 Å². The molecule has 0 fully saturated rings. The number of halogens is 2. The van der Waals surface area contributed by atoms with E-state index in [1.54, 1.807) is 42.4 Å². The molecule has 0 radical (unpaired) electrons. The third-order valence-corrected chi connectivity index (χ3v) is 5.55. The fourth-order valence-electron chi connectivity index (χ4n) is 3.40. The highest BCUT2D eigenvalue weighted by Crippen LogP contribution is 2.42. The maximum absolute atomic E-state index is 14.4. The fraction of sp³-hybridized carbons (Fsp3) is 0.182. The minimum atomic E-state index is -0.419. The lowest BCUT2D eigenvalue weighted by molar-refractivity contribution is 0.272. The van der Waals surface area contributed by atoms with Crippen molar-refractivity contribution in [3.63, 3.8) is 0 Å². The molecule has 0 aliphatic carbocycles. The molecule has 174 valence electrons. The summed E-state index contributed by atoms with van der Waals surface area (Å²) in [6.07, 6.45) is 4.73. The van der Waals surface area contributed by atoms with Gasteiger partial charge in [0.05, 0.1) is 25.5 Å². The number of nitrogens with one attached hydrogen (secondary N) is 2. The van der Waals surface area contributed by atoms with Crippen molar-refractivity contribution in [2.24, 2.45) is 0 Å². The average molecular weight is 528 g/mol. The minimum Gasteiger partial charge on any atom is -0.493 e. The molecule has 0 spiro atoms. The maximum atomic E-state index is 14.4. The first-order chi connectivity index (χ1) is 16.6. The Morgan fingerprint density at radius 3 is 2.94 bits per heavy atom. The van der Waals surface area contributed by atoms with Gasteiger partial charge in [0, 0.05) is 28.8 Å². The summed E-state index contributed by atoms with van der Waals surface area (Å²) in [5, 5.41) is 14.0. The molecular weight excluding hydrogens is 509 g/mol. The summed E-state index contributed by atoms with van der Waals surface area (Å²) in [5.41, 5.74) is 1.61. The normalized spacial score (nSPS) is 12.0. The van der Waals surface area contributed by atoms with Crippen LogP contribution in [-0.4, -0.2) is 38.7 Å². The van der Waals surface area contributed by atoms with Crippen molar-refractivity contribution < 1.29 is 18.6 Å². The second-order valence-electron chi connectivity index (χ2n) is 7.23. The number of anilines is 3. The van der Waals surface area contributed by atoms with Crippen LogP contribution in [0.3, 0.4) is 0 Å². The second kappa shape index (κ2) is 9.51. The summed E-state index contributed by atoms with van der Waals surface area (Å²) in [5.74, 6) is 1.92. The summed E-state index contributed by atoms with van der Waals surface area (Å²) in [4.78, 5) is 8.51. The summed E-state index contributed by atoms with van der Waals surface area (Å²) in [6.45, 7) is 1.32. The van der Waals surface area contributed by atoms with Crippen molar-refractivity contribution >= 4 is 33.1 Å². The molecule has 3 heterocycles. The third-order valence-electron chi connectivity index (χ3n) is 5.06. The minimum absolute atomic E-state index is 0.275. The van der Waals surface area contributed by atoms with Gasteiger partial charge in [0.25, 0.3) is 0 Å². The molecule has 10 nitrogen and oxygen atoms in total. The molecule has 2 N–H and O–H groups in total. The Balaban J connectivity index is 1.38. The van der Waals surface area contributed by atoms with E-state index in [2.05, 4.69) is 46.8 Å². The van der Waals surface area contributed by atoms with Gasteiger partial charge in [-0.2, -0.15) is 4.98 Å². The molecular formula is C22H19BrFN7O3. The molecule has 0 amide bonds. The molecule has 2 aromatic carbocycles. The summed E-state index contributed by atoms with van der Waals surface area (Å²) in [7, 11) is 1.56. The van der Waals surface area contributed by atoms with Crippen molar-refractivity contribution in [1.29, 1.82) is 0 Å². The van der Waals surface area contributed by atoms with Gasteiger partial charge >= 0.3 is 0 Å². The van der Waals surface area contributed by atoms with Gasteiger partial charge in [-0.05, 0) is 24.3 Å². The Hall–Kier alpha value is -3.93. The standard InChI is InChI=1S/C22H19BrFN7O3/c1-32-18-10-17-13(8-19(18)33-7-6-31-5-4-28-30-31)11-25-20-21(26-12-27-22(20)34-17)29-16-3-2-14(23)9-15(16)24/h2-5,8-10,12,25H,6-7,11H2,1H3,(H,26,27,29). The first-order valence-corrected chi connectivity index (χ1v) is 11.1. The lowest BCUT2D eigenvalue weighted by Crippen LogP contribution is -2.10. The van der Waals surface area contributed by atoms with Crippen LogP contribution in [0.15, 0.2) is 53.5 Å². The number of ether oxygens (including phenoxy) is 3. The van der Waals surface area contributed by atoms with Gasteiger partial charge in [0.2, 0.25) is 5.88 Å². The highest BCUT2D eigenvalue weighted by atomic mass is 79.9. The predicted octanol–water partition coefficient (Wildman–Crippen LogP) is 4.52. The molecule has 12 heteroatoms. The highest BCUT2D eigenvalue weighted by molar-refractivity contribution is 9.10. The predicted molar refractivity (Wildman–Crippen MR) is 125 cm³/mol. The van der Waals surface area contributed by atoms with Crippen LogP contribution in [0.5, 0.6) is 23.1 Å². The Kier molecular flexibility index (Phi) is 6.12. The monoisotopic (exact) mass is 527 g/mol. The van der Waals surface area contributed by atoms with Gasteiger partial charge in [-0.1, -0.05) is 21.1 Å². The topological polar surface area (TPSA) is 108 Å². The van der Waals surface area contributed by atoms with Crippen LogP contribution in [0.1, 0.15) is 5.56 Å². The Morgan fingerprint density at radius 1 is 1.24 bits per heavy atom. The number of nitrogens with zero attached hydrogens (tertiary/aromatic N) is 5. The van der Waals surface area contributed by atoms with E-state index in [9.17, 15) is 4.39 Å². The number of fused-ring (bicyclic) bond motifs is 2. The molecule has 5 rings (SSSR count). The molecule has 0 unspecified atom stereocenters. The smallest absolute Gasteiger partial charge is 0.248 e. The molecule has 0 saturated heterocycles. The van der Waals surface area contributed by atoms with E-state index in [1.807, 2.05) is 6.07 Å². The van der Waals surface area contributed by atoms with E-state index in [1.165, 1.54) is 12.4 Å². The molecule has 34 heavy (non-hydrogen) atoms. The Labute approximate surface area is 202 Å². The maximum Gasteiger partial charge on any atom is 0.248 e. The van der Waals surface area contributed by atoms with Crippen LogP contribution in [-0.2, 0) is 13.1 Å². The van der Waals surface area contributed by atoms with E-state index in [-0.39, 0.29) is 5.69 Å². The molecule has 0 bridgehead atoms. The molecule has 1 aliphatic heterocycles. The SMILES string of the molecule is COc1cc2c(cc1OCCn1ccnn1)CNc1c(Nc3ccc(Br)cc3F)ncnc1O2. The Bertz CT molecular complexity index is 1320. The van der Waals surface area contributed by atoms with Gasteiger partial charge in [-0.3, -0.25) is 0 Å². The van der Waals surface area contributed by atoms with E-state index in [4.69, 9.17) is 14.2 Å². The number of rotatable bonds is 7. The van der Waals surface area contributed by atoms with E-state index >= 15 is 0 Å². The third kappa shape index (κ3) is 4.57. The van der Waals surface area contributed by atoms with Crippen molar-refractivity contribution in [2.45, 2.75) is 13.1 Å². The van der Waals surface area contributed by atoms with Crippen molar-refractivity contribution in [3.05, 3.63) is 64.9 Å². The second-order valence-corrected chi connectivity index (χ2v) is 8.15. The fourth-order valence-corrected chi connectivity index (χ4v) is 3.73. The zero-order valence-electron chi connectivity index (χ0n) is 18.0. The van der Waals surface area contributed by atoms with Crippen LogP contribution in [0, 0.1) is 5.82 Å². The number of hydrogen-bond donors (Lipinski definition) is 2. The summed E-state index contributed by atoms with van der Waals surface area (Å²) >= 11 is 3.26. The number of hydrogen-bond acceptors (Lipinski definition) is 9. The van der Waals surface area contributed by atoms with Gasteiger partial charge < -0.3 is 24.8 Å². The molecule has 4 aromatic rings. The highest BCUT2D eigenvalue weighted by Gasteiger charge is 2.22. The quantitative estimate of drug-likeness (QED) is 0.358. The van der Waals surface area contributed by atoms with Gasteiger partial charge in [0.1, 0.15) is 30.2 Å². The lowest BCUT2D eigenvalue weighted by atomic mass is 10.1. The van der Waals surface area contributed by atoms with E-state index in [0.29, 0.717) is 58.8 Å². The van der Waals surface area contributed by atoms with Crippen molar-refractivity contribution in [2.75, 3.05) is 24.4 Å². The summed E-state index contributed by atoms with van der Waals surface area (Å²) in [6, 6.07) is 8.33. The van der Waals surface area contributed by atoms with Gasteiger partial charge in [0.15, 0.2) is 17.3 Å². The zero-order chi connectivity index (χ0) is 23.5. The van der Waals surface area contributed by atoms with Crippen LogP contribution in [0.25, 0.3) is 0 Å². The van der Waals surface area contributed by atoms with Crippen molar-refractivity contribution in [1.82, 2.24) is 25.0 Å². The van der Waals surface area contributed by atoms with E-state index < -0.39 is 5.82 Å². The molecule has 0 atom stereocenters. The average Bonchev–Trinajstić information content (AvgIpc) is 3.27. The van der Waals surface area contributed by atoms with Crippen molar-refractivity contribution in [3.8, 4) is 23.1 Å².